The number of rotatable bonds is 1. The van der Waals surface area contributed by atoms with Crippen LogP contribution in [0.15, 0.2) is 18.3 Å². The standard InChI is InChI=1S/C11H9ClN2OS/c12-10-9-7(2-3-13-10)6-8(16-9)11(15)14-4-1-5-14/h2-3,6H,1,4-5H2. The first-order valence-electron chi connectivity index (χ1n) is 5.09. The molecule has 82 valence electrons. The van der Waals surface area contributed by atoms with E-state index in [0.717, 1.165) is 34.5 Å². The molecule has 0 N–H and O–H groups in total. The number of nitrogens with zero attached hydrogens (tertiary/aromatic N) is 2. The van der Waals surface area contributed by atoms with Crippen molar-refractivity contribution in [1.82, 2.24) is 9.88 Å². The molecule has 1 fully saturated rings. The lowest BCUT2D eigenvalue weighted by molar-refractivity contribution is 0.0657. The van der Waals surface area contributed by atoms with Gasteiger partial charge in [0.15, 0.2) is 0 Å². The Kier molecular flexibility index (Phi) is 2.33. The van der Waals surface area contributed by atoms with E-state index >= 15 is 0 Å². The summed E-state index contributed by atoms with van der Waals surface area (Å²) >= 11 is 7.40. The summed E-state index contributed by atoms with van der Waals surface area (Å²) in [6.45, 7) is 1.75. The molecule has 0 aromatic carbocycles. The molecule has 0 aliphatic carbocycles. The molecule has 1 amide bonds. The van der Waals surface area contributed by atoms with Gasteiger partial charge >= 0.3 is 0 Å². The lowest BCUT2D eigenvalue weighted by Gasteiger charge is -2.30. The van der Waals surface area contributed by atoms with Crippen molar-refractivity contribution in [2.24, 2.45) is 0 Å². The fraction of sp³-hybridized carbons (Fsp3) is 0.273. The van der Waals surface area contributed by atoms with Crippen LogP contribution in [0.5, 0.6) is 0 Å². The fourth-order valence-electron chi connectivity index (χ4n) is 1.71. The van der Waals surface area contributed by atoms with Gasteiger partial charge in [0.25, 0.3) is 5.91 Å². The van der Waals surface area contributed by atoms with E-state index in [0.29, 0.717) is 5.15 Å². The summed E-state index contributed by atoms with van der Waals surface area (Å²) in [7, 11) is 0. The third-order valence-corrected chi connectivity index (χ3v) is 4.29. The molecule has 0 radical (unpaired) electrons. The maximum Gasteiger partial charge on any atom is 0.263 e. The quantitative estimate of drug-likeness (QED) is 0.732. The number of likely N-dealkylation sites (tertiary alicyclic amines) is 1. The molecular formula is C11H9ClN2OS. The Morgan fingerprint density at radius 1 is 1.50 bits per heavy atom. The highest BCUT2D eigenvalue weighted by Crippen LogP contribution is 2.31. The van der Waals surface area contributed by atoms with Crippen molar-refractivity contribution in [2.45, 2.75) is 6.42 Å². The number of hydrogen-bond acceptors (Lipinski definition) is 3. The first-order chi connectivity index (χ1) is 7.75. The second-order valence-corrected chi connectivity index (χ2v) is 5.19. The molecule has 1 saturated heterocycles. The summed E-state index contributed by atoms with van der Waals surface area (Å²) in [6, 6.07) is 3.78. The first-order valence-corrected chi connectivity index (χ1v) is 6.28. The predicted octanol–water partition coefficient (Wildman–Crippen LogP) is 2.80. The van der Waals surface area contributed by atoms with Gasteiger partial charge in [-0.2, -0.15) is 0 Å². The highest BCUT2D eigenvalue weighted by molar-refractivity contribution is 7.21. The number of hydrogen-bond donors (Lipinski definition) is 0. The molecule has 0 spiro atoms. The molecule has 0 unspecified atom stereocenters. The van der Waals surface area contributed by atoms with E-state index in [-0.39, 0.29) is 5.91 Å². The van der Waals surface area contributed by atoms with Gasteiger partial charge in [0.1, 0.15) is 5.15 Å². The largest absolute Gasteiger partial charge is 0.338 e. The Morgan fingerprint density at radius 3 is 2.94 bits per heavy atom. The first kappa shape index (κ1) is 10.1. The molecule has 1 aliphatic rings. The smallest absolute Gasteiger partial charge is 0.263 e. The second-order valence-electron chi connectivity index (χ2n) is 3.78. The summed E-state index contributed by atoms with van der Waals surface area (Å²) in [5.41, 5.74) is 0. The van der Waals surface area contributed by atoms with E-state index in [1.807, 2.05) is 17.0 Å². The zero-order chi connectivity index (χ0) is 11.1. The monoisotopic (exact) mass is 252 g/mol. The molecule has 3 heterocycles. The Labute approximate surface area is 102 Å². The number of amides is 1. The van der Waals surface area contributed by atoms with Gasteiger partial charge in [0, 0.05) is 19.3 Å². The van der Waals surface area contributed by atoms with Gasteiger partial charge in [-0.3, -0.25) is 4.79 Å². The molecular weight excluding hydrogens is 244 g/mol. The van der Waals surface area contributed by atoms with Crippen molar-refractivity contribution in [1.29, 1.82) is 0 Å². The average molecular weight is 253 g/mol. The molecule has 16 heavy (non-hydrogen) atoms. The van der Waals surface area contributed by atoms with E-state index in [9.17, 15) is 4.79 Å². The summed E-state index contributed by atoms with van der Waals surface area (Å²) < 4.78 is 0.896. The molecule has 3 nitrogen and oxygen atoms in total. The molecule has 2 aromatic rings. The van der Waals surface area contributed by atoms with Gasteiger partial charge in [-0.1, -0.05) is 11.6 Å². The predicted molar refractivity (Wildman–Crippen MR) is 65.2 cm³/mol. The van der Waals surface area contributed by atoms with E-state index in [2.05, 4.69) is 4.98 Å². The fourth-order valence-corrected chi connectivity index (χ4v) is 3.00. The van der Waals surface area contributed by atoms with E-state index in [4.69, 9.17) is 11.6 Å². The molecule has 0 saturated carbocycles. The molecule has 3 rings (SSSR count). The number of pyridine rings is 1. The number of carbonyl (C=O) groups excluding carboxylic acids is 1. The van der Waals surface area contributed by atoms with Gasteiger partial charge < -0.3 is 4.90 Å². The average Bonchev–Trinajstić information content (AvgIpc) is 2.60. The highest BCUT2D eigenvalue weighted by atomic mass is 35.5. The summed E-state index contributed by atoms with van der Waals surface area (Å²) in [4.78, 5) is 18.6. The van der Waals surface area contributed by atoms with Crippen LogP contribution in [0.1, 0.15) is 16.1 Å². The minimum Gasteiger partial charge on any atom is -0.338 e. The lowest BCUT2D eigenvalue weighted by Crippen LogP contribution is -2.41. The maximum absolute atomic E-state index is 12.0. The van der Waals surface area contributed by atoms with Crippen LogP contribution in [0.3, 0.4) is 0 Å². The third kappa shape index (κ3) is 1.49. The summed E-state index contributed by atoms with van der Waals surface area (Å²) in [6.07, 6.45) is 2.77. The Balaban J connectivity index is 2.04. The van der Waals surface area contributed by atoms with E-state index in [1.165, 1.54) is 11.3 Å². The van der Waals surface area contributed by atoms with Crippen molar-refractivity contribution >= 4 is 38.9 Å². The van der Waals surface area contributed by atoms with Crippen LogP contribution in [-0.4, -0.2) is 28.9 Å². The van der Waals surface area contributed by atoms with E-state index < -0.39 is 0 Å². The van der Waals surface area contributed by atoms with Crippen molar-refractivity contribution in [3.8, 4) is 0 Å². The molecule has 0 bridgehead atoms. The molecule has 0 atom stereocenters. The Hall–Kier alpha value is -1.13. The number of aromatic nitrogens is 1. The SMILES string of the molecule is O=C(c1cc2ccnc(Cl)c2s1)N1CCC1. The number of thiophene rings is 1. The van der Waals surface area contributed by atoms with Gasteiger partial charge in [-0.05, 0) is 23.9 Å². The minimum atomic E-state index is 0.114. The minimum absolute atomic E-state index is 0.114. The second kappa shape index (κ2) is 3.71. The van der Waals surface area contributed by atoms with Gasteiger partial charge in [0.2, 0.25) is 0 Å². The highest BCUT2D eigenvalue weighted by Gasteiger charge is 2.23. The van der Waals surface area contributed by atoms with Crippen LogP contribution in [0.2, 0.25) is 5.15 Å². The van der Waals surface area contributed by atoms with Gasteiger partial charge in [-0.25, -0.2) is 4.98 Å². The number of halogens is 1. The lowest BCUT2D eigenvalue weighted by atomic mass is 10.2. The molecule has 2 aromatic heterocycles. The third-order valence-electron chi connectivity index (χ3n) is 2.74. The van der Waals surface area contributed by atoms with Crippen LogP contribution < -0.4 is 0 Å². The van der Waals surface area contributed by atoms with Gasteiger partial charge in [-0.15, -0.1) is 11.3 Å². The Bertz CT molecular complexity index is 562. The van der Waals surface area contributed by atoms with Crippen LogP contribution >= 0.6 is 22.9 Å². The number of carbonyl (C=O) groups is 1. The van der Waals surface area contributed by atoms with Gasteiger partial charge in [0.05, 0.1) is 9.58 Å². The maximum atomic E-state index is 12.0. The van der Waals surface area contributed by atoms with Crippen molar-refractivity contribution in [3.63, 3.8) is 0 Å². The van der Waals surface area contributed by atoms with Crippen molar-refractivity contribution < 1.29 is 4.79 Å². The van der Waals surface area contributed by atoms with E-state index in [1.54, 1.807) is 6.20 Å². The van der Waals surface area contributed by atoms with Crippen molar-refractivity contribution in [3.05, 3.63) is 28.4 Å². The normalized spacial score (nSPS) is 15.2. The van der Waals surface area contributed by atoms with Crippen LogP contribution in [0.25, 0.3) is 10.1 Å². The van der Waals surface area contributed by atoms with Crippen LogP contribution in [0.4, 0.5) is 0 Å². The summed E-state index contributed by atoms with van der Waals surface area (Å²) in [5.74, 6) is 0.114. The van der Waals surface area contributed by atoms with Crippen molar-refractivity contribution in [2.75, 3.05) is 13.1 Å². The topological polar surface area (TPSA) is 33.2 Å². The molecule has 1 aliphatic heterocycles. The zero-order valence-electron chi connectivity index (χ0n) is 8.44. The number of fused-ring (bicyclic) bond motifs is 1. The van der Waals surface area contributed by atoms with Crippen LogP contribution in [-0.2, 0) is 0 Å². The summed E-state index contributed by atoms with van der Waals surface area (Å²) in [5, 5.41) is 1.47. The zero-order valence-corrected chi connectivity index (χ0v) is 10.0. The Morgan fingerprint density at radius 2 is 2.31 bits per heavy atom. The van der Waals surface area contributed by atoms with Crippen LogP contribution in [0, 0.1) is 0 Å². The molecule has 5 heteroatoms.